The van der Waals surface area contributed by atoms with Crippen molar-refractivity contribution in [3.63, 3.8) is 0 Å². The third-order valence-corrected chi connectivity index (χ3v) is 5.21. The van der Waals surface area contributed by atoms with Crippen LogP contribution in [0.25, 0.3) is 0 Å². The first-order chi connectivity index (χ1) is 8.55. The van der Waals surface area contributed by atoms with Crippen LogP contribution in [0.2, 0.25) is 0 Å². The molecule has 0 aliphatic heterocycles. The summed E-state index contributed by atoms with van der Waals surface area (Å²) < 4.78 is 28.0. The number of hydrogen-bond acceptors (Lipinski definition) is 4. The second kappa shape index (κ2) is 5.38. The largest absolute Gasteiger partial charge is 0.396 e. The van der Waals surface area contributed by atoms with Crippen LogP contribution in [0.5, 0.6) is 0 Å². The molecule has 0 aromatic carbocycles. The number of aromatic nitrogens is 2. The zero-order valence-electron chi connectivity index (χ0n) is 10.5. The van der Waals surface area contributed by atoms with Crippen LogP contribution in [0.1, 0.15) is 25.7 Å². The second-order valence-corrected chi connectivity index (χ2v) is 6.52. The summed E-state index contributed by atoms with van der Waals surface area (Å²) in [6, 6.07) is 0.0850. The van der Waals surface area contributed by atoms with E-state index in [1.165, 1.54) is 21.4 Å². The van der Waals surface area contributed by atoms with Gasteiger partial charge < -0.3 is 5.11 Å². The molecule has 1 N–H and O–H groups in total. The van der Waals surface area contributed by atoms with Gasteiger partial charge in [-0.25, -0.2) is 8.42 Å². The minimum Gasteiger partial charge on any atom is -0.396 e. The van der Waals surface area contributed by atoms with Gasteiger partial charge in [0.25, 0.3) is 0 Å². The zero-order valence-corrected chi connectivity index (χ0v) is 11.3. The molecule has 0 amide bonds. The van der Waals surface area contributed by atoms with Gasteiger partial charge in [0.2, 0.25) is 10.0 Å². The Balaban J connectivity index is 2.22. The molecular weight excluding hydrogens is 254 g/mol. The van der Waals surface area contributed by atoms with E-state index in [9.17, 15) is 8.42 Å². The Morgan fingerprint density at radius 2 is 2.28 bits per heavy atom. The maximum Gasteiger partial charge on any atom is 0.246 e. The Kier molecular flexibility index (Phi) is 4.04. The van der Waals surface area contributed by atoms with Crippen molar-refractivity contribution in [2.24, 2.45) is 7.05 Å². The maximum absolute atomic E-state index is 12.5. The number of aryl methyl sites for hydroxylation is 1. The Morgan fingerprint density at radius 1 is 1.56 bits per heavy atom. The van der Waals surface area contributed by atoms with E-state index in [4.69, 9.17) is 5.11 Å². The fraction of sp³-hybridized carbons (Fsp3) is 0.727. The topological polar surface area (TPSA) is 75.4 Å². The molecule has 0 atom stereocenters. The Labute approximate surface area is 107 Å². The summed E-state index contributed by atoms with van der Waals surface area (Å²) in [5.74, 6) is 0. The highest BCUT2D eigenvalue weighted by molar-refractivity contribution is 7.89. The molecule has 0 radical (unpaired) electrons. The van der Waals surface area contributed by atoms with Gasteiger partial charge in [-0.2, -0.15) is 9.40 Å². The third-order valence-electron chi connectivity index (χ3n) is 3.31. The van der Waals surface area contributed by atoms with E-state index in [0.717, 1.165) is 19.3 Å². The molecule has 102 valence electrons. The SMILES string of the molecule is Cn1cc(S(=O)(=O)N(CCCO)C2CCC2)cn1. The molecule has 1 fully saturated rings. The highest BCUT2D eigenvalue weighted by atomic mass is 32.2. The van der Waals surface area contributed by atoms with E-state index in [-0.39, 0.29) is 17.5 Å². The van der Waals surface area contributed by atoms with Gasteiger partial charge in [0.1, 0.15) is 4.90 Å². The van der Waals surface area contributed by atoms with Crippen LogP contribution in [-0.2, 0) is 17.1 Å². The molecule has 0 unspecified atom stereocenters. The highest BCUT2D eigenvalue weighted by Crippen LogP contribution is 2.29. The number of sulfonamides is 1. The highest BCUT2D eigenvalue weighted by Gasteiger charge is 2.34. The number of aliphatic hydroxyl groups excluding tert-OH is 1. The summed E-state index contributed by atoms with van der Waals surface area (Å²) in [5.41, 5.74) is 0. The van der Waals surface area contributed by atoms with Crippen LogP contribution >= 0.6 is 0 Å². The van der Waals surface area contributed by atoms with E-state index in [2.05, 4.69) is 5.10 Å². The molecule has 1 aliphatic rings. The number of rotatable bonds is 6. The van der Waals surface area contributed by atoms with Crippen molar-refractivity contribution in [3.05, 3.63) is 12.4 Å². The van der Waals surface area contributed by atoms with Gasteiger partial charge in [-0.05, 0) is 19.3 Å². The van der Waals surface area contributed by atoms with Crippen molar-refractivity contribution in [3.8, 4) is 0 Å². The summed E-state index contributed by atoms with van der Waals surface area (Å²) in [7, 11) is -1.78. The molecule has 1 aliphatic carbocycles. The van der Waals surface area contributed by atoms with E-state index in [1.807, 2.05) is 0 Å². The van der Waals surface area contributed by atoms with Gasteiger partial charge in [0.15, 0.2) is 0 Å². The predicted octanol–water partition coefficient (Wildman–Crippen LogP) is 0.346. The van der Waals surface area contributed by atoms with Crippen molar-refractivity contribution in [1.82, 2.24) is 14.1 Å². The van der Waals surface area contributed by atoms with Crippen LogP contribution in [-0.4, -0.2) is 46.8 Å². The van der Waals surface area contributed by atoms with E-state index < -0.39 is 10.0 Å². The van der Waals surface area contributed by atoms with Crippen LogP contribution < -0.4 is 0 Å². The lowest BCUT2D eigenvalue weighted by molar-refractivity contribution is 0.198. The zero-order chi connectivity index (χ0) is 13.2. The van der Waals surface area contributed by atoms with Gasteiger partial charge >= 0.3 is 0 Å². The molecule has 1 aromatic heterocycles. The maximum atomic E-state index is 12.5. The molecule has 1 saturated carbocycles. The van der Waals surface area contributed by atoms with Crippen molar-refractivity contribution >= 4 is 10.0 Å². The summed E-state index contributed by atoms with van der Waals surface area (Å²) in [6.45, 7) is 0.379. The van der Waals surface area contributed by atoms with Gasteiger partial charge in [-0.1, -0.05) is 6.42 Å². The van der Waals surface area contributed by atoms with Crippen molar-refractivity contribution in [2.45, 2.75) is 36.6 Å². The molecule has 18 heavy (non-hydrogen) atoms. The Hall–Kier alpha value is -0.920. The van der Waals surface area contributed by atoms with Crippen LogP contribution in [0.3, 0.4) is 0 Å². The molecule has 0 spiro atoms. The lowest BCUT2D eigenvalue weighted by atomic mass is 9.93. The molecule has 1 heterocycles. The van der Waals surface area contributed by atoms with Gasteiger partial charge in [-0.15, -0.1) is 0 Å². The van der Waals surface area contributed by atoms with Gasteiger partial charge in [0, 0.05) is 32.4 Å². The van der Waals surface area contributed by atoms with Crippen LogP contribution in [0.4, 0.5) is 0 Å². The minimum atomic E-state index is -3.47. The first kappa shape index (κ1) is 13.5. The number of nitrogens with zero attached hydrogens (tertiary/aromatic N) is 3. The normalized spacial score (nSPS) is 17.1. The second-order valence-electron chi connectivity index (χ2n) is 4.63. The first-order valence-corrected chi connectivity index (χ1v) is 7.61. The molecule has 6 nitrogen and oxygen atoms in total. The van der Waals surface area contributed by atoms with E-state index in [0.29, 0.717) is 13.0 Å². The third kappa shape index (κ3) is 2.57. The fourth-order valence-corrected chi connectivity index (χ4v) is 3.78. The van der Waals surface area contributed by atoms with Crippen LogP contribution in [0, 0.1) is 0 Å². The summed E-state index contributed by atoms with van der Waals surface area (Å²) >= 11 is 0. The van der Waals surface area contributed by atoms with E-state index in [1.54, 1.807) is 7.05 Å². The molecule has 2 rings (SSSR count). The lowest BCUT2D eigenvalue weighted by Crippen LogP contribution is -2.44. The average molecular weight is 273 g/mol. The quantitative estimate of drug-likeness (QED) is 0.811. The smallest absolute Gasteiger partial charge is 0.246 e. The molecular formula is C11H19N3O3S. The molecule has 0 bridgehead atoms. The Bertz CT molecular complexity index is 493. The van der Waals surface area contributed by atoms with E-state index >= 15 is 0 Å². The predicted molar refractivity (Wildman–Crippen MR) is 66.4 cm³/mol. The van der Waals surface area contributed by atoms with Crippen LogP contribution in [0.15, 0.2) is 17.3 Å². The van der Waals surface area contributed by atoms with Crippen molar-refractivity contribution in [1.29, 1.82) is 0 Å². The van der Waals surface area contributed by atoms with Gasteiger partial charge in [-0.3, -0.25) is 4.68 Å². The monoisotopic (exact) mass is 273 g/mol. The van der Waals surface area contributed by atoms with Crippen molar-refractivity contribution < 1.29 is 13.5 Å². The first-order valence-electron chi connectivity index (χ1n) is 6.17. The molecule has 0 saturated heterocycles. The lowest BCUT2D eigenvalue weighted by Gasteiger charge is -2.36. The average Bonchev–Trinajstić information content (AvgIpc) is 2.68. The van der Waals surface area contributed by atoms with Crippen molar-refractivity contribution in [2.75, 3.05) is 13.2 Å². The standard InChI is InChI=1S/C11H19N3O3S/c1-13-9-11(8-12-13)18(16,17)14(6-3-7-15)10-4-2-5-10/h8-10,15H,2-7H2,1H3. The number of aliphatic hydroxyl groups is 1. The molecule has 7 heteroatoms. The van der Waals surface area contributed by atoms with Gasteiger partial charge in [0.05, 0.1) is 6.20 Å². The molecule has 1 aromatic rings. The summed E-state index contributed by atoms with van der Waals surface area (Å²) in [5, 5.41) is 12.8. The number of hydrogen-bond donors (Lipinski definition) is 1. The summed E-state index contributed by atoms with van der Waals surface area (Å²) in [6.07, 6.45) is 6.24. The Morgan fingerprint density at radius 3 is 2.72 bits per heavy atom. The fourth-order valence-electron chi connectivity index (χ4n) is 2.07. The summed E-state index contributed by atoms with van der Waals surface area (Å²) in [4.78, 5) is 0.231. The minimum absolute atomic E-state index is 0.00573.